The van der Waals surface area contributed by atoms with Gasteiger partial charge >= 0.3 is 0 Å². The number of anilines is 1. The molecule has 0 radical (unpaired) electrons. The van der Waals surface area contributed by atoms with Crippen LogP contribution in [0.5, 0.6) is 0 Å². The fourth-order valence-electron chi connectivity index (χ4n) is 1.62. The summed E-state index contributed by atoms with van der Waals surface area (Å²) in [4.78, 5) is 11.7. The van der Waals surface area contributed by atoms with Gasteiger partial charge < -0.3 is 5.32 Å². The molecule has 0 aliphatic heterocycles. The van der Waals surface area contributed by atoms with Gasteiger partial charge in [0.05, 0.1) is 0 Å². The van der Waals surface area contributed by atoms with Crippen molar-refractivity contribution in [2.75, 3.05) is 11.9 Å². The van der Waals surface area contributed by atoms with Gasteiger partial charge in [0.15, 0.2) is 0 Å². The summed E-state index contributed by atoms with van der Waals surface area (Å²) in [5.74, 6) is -0.323. The number of rotatable bonds is 7. The number of nitrogens with one attached hydrogen (secondary N) is 2. The summed E-state index contributed by atoms with van der Waals surface area (Å²) < 4.78 is 25.9. The Labute approximate surface area is 138 Å². The number of nitrogens with zero attached hydrogens (tertiary/aromatic N) is 2. The lowest BCUT2D eigenvalue weighted by Crippen LogP contribution is -2.26. The Hall–Kier alpha value is -2.10. The summed E-state index contributed by atoms with van der Waals surface area (Å²) >= 11 is 1.26. The molecular formula is C14H16N4O3S2. The Kier molecular flexibility index (Phi) is 5.97. The molecule has 0 spiro atoms. The van der Waals surface area contributed by atoms with E-state index in [2.05, 4.69) is 20.2 Å². The maximum absolute atomic E-state index is 11.8. The molecule has 0 aliphatic carbocycles. The van der Waals surface area contributed by atoms with Gasteiger partial charge in [-0.05, 0) is 18.6 Å². The molecule has 0 aliphatic rings. The van der Waals surface area contributed by atoms with Crippen LogP contribution in [0.25, 0.3) is 6.08 Å². The number of hydrogen-bond acceptors (Lipinski definition) is 6. The van der Waals surface area contributed by atoms with Gasteiger partial charge in [0.1, 0.15) is 5.01 Å². The molecule has 9 heteroatoms. The second kappa shape index (κ2) is 7.95. The molecule has 2 N–H and O–H groups in total. The van der Waals surface area contributed by atoms with E-state index in [4.69, 9.17) is 0 Å². The molecule has 0 saturated heterocycles. The minimum Gasteiger partial charge on any atom is -0.300 e. The minimum atomic E-state index is -3.58. The SMILES string of the molecule is Cc1nnc(NC(=O)CCNS(=O)(=O)/C=C/c2ccccc2)s1. The van der Waals surface area contributed by atoms with E-state index < -0.39 is 10.0 Å². The van der Waals surface area contributed by atoms with Gasteiger partial charge in [-0.2, -0.15) is 0 Å². The van der Waals surface area contributed by atoms with E-state index in [9.17, 15) is 13.2 Å². The lowest BCUT2D eigenvalue weighted by molar-refractivity contribution is -0.116. The van der Waals surface area contributed by atoms with Crippen molar-refractivity contribution in [2.45, 2.75) is 13.3 Å². The van der Waals surface area contributed by atoms with Crippen LogP contribution in [0.3, 0.4) is 0 Å². The van der Waals surface area contributed by atoms with Crippen molar-refractivity contribution in [1.82, 2.24) is 14.9 Å². The number of aromatic nitrogens is 2. The summed E-state index contributed by atoms with van der Waals surface area (Å²) in [6.07, 6.45) is 1.50. The van der Waals surface area contributed by atoms with E-state index >= 15 is 0 Å². The average Bonchev–Trinajstić information content (AvgIpc) is 2.91. The number of hydrogen-bond donors (Lipinski definition) is 2. The first-order valence-corrected chi connectivity index (χ1v) is 9.14. The maximum atomic E-state index is 11.8. The summed E-state index contributed by atoms with van der Waals surface area (Å²) in [5.41, 5.74) is 0.780. The molecule has 1 heterocycles. The van der Waals surface area contributed by atoms with Gasteiger partial charge in [0, 0.05) is 18.4 Å². The predicted octanol–water partition coefficient (Wildman–Crippen LogP) is 1.77. The van der Waals surface area contributed by atoms with E-state index in [0.717, 1.165) is 16.0 Å². The molecule has 1 amide bonds. The third-order valence-corrected chi connectivity index (χ3v) is 4.52. The van der Waals surface area contributed by atoms with Gasteiger partial charge in [0.2, 0.25) is 21.1 Å². The van der Waals surface area contributed by atoms with Crippen LogP contribution in [-0.4, -0.2) is 31.1 Å². The molecule has 1 aromatic carbocycles. The largest absolute Gasteiger partial charge is 0.300 e. The van der Waals surface area contributed by atoms with Crippen LogP contribution in [0.1, 0.15) is 17.0 Å². The van der Waals surface area contributed by atoms with Gasteiger partial charge in [-0.1, -0.05) is 41.7 Å². The molecular weight excluding hydrogens is 336 g/mol. The molecule has 2 aromatic rings. The molecule has 0 atom stereocenters. The van der Waals surface area contributed by atoms with Crippen molar-refractivity contribution in [1.29, 1.82) is 0 Å². The van der Waals surface area contributed by atoms with E-state index in [0.29, 0.717) is 5.13 Å². The molecule has 122 valence electrons. The zero-order valence-electron chi connectivity index (χ0n) is 12.4. The Morgan fingerprint density at radius 1 is 1.26 bits per heavy atom. The monoisotopic (exact) mass is 352 g/mol. The first-order chi connectivity index (χ1) is 10.9. The molecule has 23 heavy (non-hydrogen) atoms. The quantitative estimate of drug-likeness (QED) is 0.791. The summed E-state index contributed by atoms with van der Waals surface area (Å²) in [6, 6.07) is 9.08. The van der Waals surface area contributed by atoms with Crippen LogP contribution in [0.4, 0.5) is 5.13 Å². The number of sulfonamides is 1. The van der Waals surface area contributed by atoms with Crippen molar-refractivity contribution < 1.29 is 13.2 Å². The zero-order chi connectivity index (χ0) is 16.7. The summed E-state index contributed by atoms with van der Waals surface area (Å²) in [7, 11) is -3.58. The first-order valence-electron chi connectivity index (χ1n) is 6.77. The maximum Gasteiger partial charge on any atom is 0.233 e. The van der Waals surface area contributed by atoms with Crippen molar-refractivity contribution in [3.8, 4) is 0 Å². The Balaban J connectivity index is 1.78. The third-order valence-electron chi connectivity index (χ3n) is 2.67. The molecule has 7 nitrogen and oxygen atoms in total. The summed E-state index contributed by atoms with van der Waals surface area (Å²) in [6.45, 7) is 1.78. The van der Waals surface area contributed by atoms with Gasteiger partial charge in [-0.15, -0.1) is 10.2 Å². The van der Waals surface area contributed by atoms with E-state index in [1.807, 2.05) is 18.2 Å². The van der Waals surface area contributed by atoms with Crippen LogP contribution in [0.2, 0.25) is 0 Å². The molecule has 0 fully saturated rings. The Morgan fingerprint density at radius 2 is 2.00 bits per heavy atom. The number of carbonyl (C=O) groups is 1. The van der Waals surface area contributed by atoms with E-state index in [-0.39, 0.29) is 18.9 Å². The highest BCUT2D eigenvalue weighted by Crippen LogP contribution is 2.13. The van der Waals surface area contributed by atoms with Crippen LogP contribution < -0.4 is 10.0 Å². The number of aryl methyl sites for hydroxylation is 1. The Bertz CT molecular complexity index is 785. The molecule has 0 bridgehead atoms. The van der Waals surface area contributed by atoms with Crippen LogP contribution in [0.15, 0.2) is 35.7 Å². The normalized spacial score (nSPS) is 11.7. The highest BCUT2D eigenvalue weighted by molar-refractivity contribution is 7.92. The molecule has 0 saturated carbocycles. The predicted molar refractivity (Wildman–Crippen MR) is 90.3 cm³/mol. The van der Waals surface area contributed by atoms with Crippen LogP contribution in [-0.2, 0) is 14.8 Å². The fourth-order valence-corrected chi connectivity index (χ4v) is 3.04. The lowest BCUT2D eigenvalue weighted by Gasteiger charge is -2.03. The van der Waals surface area contributed by atoms with Gasteiger partial charge in [-0.25, -0.2) is 13.1 Å². The van der Waals surface area contributed by atoms with Gasteiger partial charge in [0.25, 0.3) is 0 Å². The topological polar surface area (TPSA) is 101 Å². The highest BCUT2D eigenvalue weighted by atomic mass is 32.2. The van der Waals surface area contributed by atoms with Crippen LogP contribution in [0, 0.1) is 6.92 Å². The number of benzene rings is 1. The third kappa shape index (κ3) is 6.27. The molecule has 2 rings (SSSR count). The lowest BCUT2D eigenvalue weighted by atomic mass is 10.2. The van der Waals surface area contributed by atoms with Gasteiger partial charge in [-0.3, -0.25) is 4.79 Å². The van der Waals surface area contributed by atoms with Crippen LogP contribution >= 0.6 is 11.3 Å². The van der Waals surface area contributed by atoms with E-state index in [1.165, 1.54) is 17.4 Å². The number of amides is 1. The summed E-state index contributed by atoms with van der Waals surface area (Å²) in [5, 5.41) is 12.3. The fraction of sp³-hybridized carbons (Fsp3) is 0.214. The van der Waals surface area contributed by atoms with E-state index in [1.54, 1.807) is 19.1 Å². The first kappa shape index (κ1) is 17.3. The smallest absolute Gasteiger partial charge is 0.233 e. The Morgan fingerprint density at radius 3 is 2.65 bits per heavy atom. The molecule has 1 aromatic heterocycles. The second-order valence-corrected chi connectivity index (χ2v) is 7.41. The van der Waals surface area contributed by atoms with Crippen molar-refractivity contribution >= 4 is 38.5 Å². The van der Waals surface area contributed by atoms with Crippen molar-refractivity contribution in [2.24, 2.45) is 0 Å². The zero-order valence-corrected chi connectivity index (χ0v) is 14.0. The highest BCUT2D eigenvalue weighted by Gasteiger charge is 2.09. The average molecular weight is 352 g/mol. The standard InChI is InChI=1S/C14H16N4O3S2/c1-11-17-18-14(22-11)16-13(19)7-9-15-23(20,21)10-8-12-5-3-2-4-6-12/h2-6,8,10,15H,7,9H2,1H3,(H,16,18,19)/b10-8+. The van der Waals surface area contributed by atoms with Crippen molar-refractivity contribution in [3.63, 3.8) is 0 Å². The second-order valence-electron chi connectivity index (χ2n) is 4.58. The minimum absolute atomic E-state index is 0.00504. The van der Waals surface area contributed by atoms with Crippen molar-refractivity contribution in [3.05, 3.63) is 46.3 Å². The molecule has 0 unspecified atom stereocenters. The number of carbonyl (C=O) groups excluding carboxylic acids is 1.